The average molecular weight is 477 g/mol. The molecule has 9 heteroatoms. The van der Waals surface area contributed by atoms with E-state index in [0.29, 0.717) is 37.9 Å². The minimum absolute atomic E-state index is 0.0360. The molecule has 0 radical (unpaired) electrons. The van der Waals surface area contributed by atoms with Gasteiger partial charge in [-0.2, -0.15) is 0 Å². The van der Waals surface area contributed by atoms with E-state index in [4.69, 9.17) is 32.7 Å². The maximum absolute atomic E-state index is 12.3. The summed E-state index contributed by atoms with van der Waals surface area (Å²) in [5, 5.41) is 3.12. The van der Waals surface area contributed by atoms with Crippen molar-refractivity contribution < 1.29 is 19.1 Å². The highest BCUT2D eigenvalue weighted by atomic mass is 35.5. The molecule has 0 saturated carbocycles. The molecule has 6 nitrogen and oxygen atoms in total. The Morgan fingerprint density at radius 2 is 1.97 bits per heavy atom. The molecule has 0 aliphatic heterocycles. The molecule has 2 aromatic carbocycles. The summed E-state index contributed by atoms with van der Waals surface area (Å²) < 4.78 is 10.6. The zero-order valence-corrected chi connectivity index (χ0v) is 19.0. The molecule has 0 N–H and O–H groups in total. The van der Waals surface area contributed by atoms with Gasteiger partial charge in [-0.15, -0.1) is 11.3 Å². The number of benzene rings is 2. The number of halogens is 2. The fraction of sp³-hybridized carbons (Fsp3) is 0.136. The van der Waals surface area contributed by atoms with Crippen LogP contribution in [-0.4, -0.2) is 24.0 Å². The average Bonchev–Trinajstić information content (AvgIpc) is 3.20. The van der Waals surface area contributed by atoms with Gasteiger partial charge in [0.25, 0.3) is 0 Å². The van der Waals surface area contributed by atoms with Crippen LogP contribution in [0.15, 0.2) is 53.9 Å². The molecule has 0 aliphatic carbocycles. The molecule has 1 aromatic heterocycles. The van der Waals surface area contributed by atoms with Crippen LogP contribution in [0, 0.1) is 0 Å². The second-order valence-corrected chi connectivity index (χ2v) is 7.93. The maximum atomic E-state index is 12.3. The van der Waals surface area contributed by atoms with Gasteiger partial charge >= 0.3 is 5.97 Å². The highest BCUT2D eigenvalue weighted by molar-refractivity contribution is 7.14. The van der Waals surface area contributed by atoms with Gasteiger partial charge < -0.3 is 9.47 Å². The van der Waals surface area contributed by atoms with E-state index in [0.717, 1.165) is 0 Å². The van der Waals surface area contributed by atoms with Crippen LogP contribution in [0.3, 0.4) is 0 Å². The van der Waals surface area contributed by atoms with Gasteiger partial charge in [-0.05, 0) is 35.9 Å². The molecule has 3 aromatic rings. The zero-order chi connectivity index (χ0) is 22.4. The third kappa shape index (κ3) is 5.85. The van der Waals surface area contributed by atoms with E-state index in [-0.39, 0.29) is 12.5 Å². The number of nitrogens with zero attached hydrogens (tertiary/aromatic N) is 2. The largest absolute Gasteiger partial charge is 0.495 e. The number of amides is 1. The molecule has 3 rings (SSSR count). The third-order valence-corrected chi connectivity index (χ3v) is 5.53. The molecular formula is C22H18Cl2N2O4S. The van der Waals surface area contributed by atoms with Gasteiger partial charge in [0, 0.05) is 28.4 Å². The van der Waals surface area contributed by atoms with Crippen molar-refractivity contribution in [2.75, 3.05) is 12.0 Å². The van der Waals surface area contributed by atoms with Crippen LogP contribution in [0.2, 0.25) is 10.0 Å². The van der Waals surface area contributed by atoms with Crippen LogP contribution in [-0.2, 0) is 20.9 Å². The highest BCUT2D eigenvalue weighted by Crippen LogP contribution is 2.35. The van der Waals surface area contributed by atoms with E-state index in [2.05, 4.69) is 4.98 Å². The van der Waals surface area contributed by atoms with Gasteiger partial charge in [0.1, 0.15) is 12.4 Å². The summed E-state index contributed by atoms with van der Waals surface area (Å²) in [5.74, 6) is -0.217. The lowest BCUT2D eigenvalue weighted by atomic mass is 10.2. The predicted octanol–water partition coefficient (Wildman–Crippen LogP) is 5.90. The number of carbonyl (C=O) groups excluding carboxylic acids is 2. The van der Waals surface area contributed by atoms with Crippen LogP contribution in [0.5, 0.6) is 5.75 Å². The number of rotatable bonds is 7. The Morgan fingerprint density at radius 3 is 2.68 bits per heavy atom. The lowest BCUT2D eigenvalue weighted by Gasteiger charge is -2.20. The molecule has 1 amide bonds. The Bertz CT molecular complexity index is 1130. The number of methoxy groups -OCH3 is 1. The summed E-state index contributed by atoms with van der Waals surface area (Å²) in [4.78, 5) is 30.2. The van der Waals surface area contributed by atoms with E-state index >= 15 is 0 Å². The van der Waals surface area contributed by atoms with Crippen LogP contribution in [0.4, 0.5) is 10.8 Å². The van der Waals surface area contributed by atoms with E-state index in [1.807, 2.05) is 12.1 Å². The van der Waals surface area contributed by atoms with Gasteiger partial charge in [0.15, 0.2) is 5.13 Å². The lowest BCUT2D eigenvalue weighted by molar-refractivity contribution is -0.139. The van der Waals surface area contributed by atoms with Crippen LogP contribution in [0.25, 0.3) is 6.08 Å². The number of ether oxygens (including phenoxy) is 2. The number of anilines is 2. The first-order valence-corrected chi connectivity index (χ1v) is 10.7. The number of esters is 1. The summed E-state index contributed by atoms with van der Waals surface area (Å²) in [7, 11) is 1.54. The van der Waals surface area contributed by atoms with E-state index in [1.165, 1.54) is 36.3 Å². The Morgan fingerprint density at radius 1 is 1.19 bits per heavy atom. The van der Waals surface area contributed by atoms with Crippen molar-refractivity contribution in [2.24, 2.45) is 0 Å². The van der Waals surface area contributed by atoms with Gasteiger partial charge in [-0.25, -0.2) is 9.78 Å². The monoisotopic (exact) mass is 476 g/mol. The maximum Gasteiger partial charge on any atom is 0.331 e. The summed E-state index contributed by atoms with van der Waals surface area (Å²) in [6.45, 7) is 1.41. The number of aromatic nitrogens is 1. The van der Waals surface area contributed by atoms with Crippen molar-refractivity contribution in [3.05, 3.63) is 75.2 Å². The minimum Gasteiger partial charge on any atom is -0.495 e. The summed E-state index contributed by atoms with van der Waals surface area (Å²) in [5.41, 5.74) is 1.75. The Balaban J connectivity index is 1.68. The van der Waals surface area contributed by atoms with Crippen LogP contribution in [0.1, 0.15) is 18.2 Å². The Labute approximate surface area is 193 Å². The standard InChI is InChI=1S/C22H18Cl2N2O4S/c1-14(27)26(19-5-3-4-6-20(19)29-2)22-25-17(13-31-22)12-30-21(28)10-8-15-7-9-16(23)11-18(15)24/h3-11,13H,12H2,1-2H3/b10-8+. The van der Waals surface area contributed by atoms with Gasteiger partial charge in [0.2, 0.25) is 5.91 Å². The van der Waals surface area contributed by atoms with E-state index in [9.17, 15) is 9.59 Å². The SMILES string of the molecule is COc1ccccc1N(C(C)=O)c1nc(COC(=O)/C=C/c2ccc(Cl)cc2Cl)cs1. The van der Waals surface area contributed by atoms with Crippen LogP contribution < -0.4 is 9.64 Å². The first-order valence-electron chi connectivity index (χ1n) is 9.07. The van der Waals surface area contributed by atoms with Gasteiger partial charge in [0.05, 0.1) is 18.5 Å². The van der Waals surface area contributed by atoms with Crippen molar-refractivity contribution in [3.63, 3.8) is 0 Å². The van der Waals surface area contributed by atoms with Gasteiger partial charge in [-0.1, -0.05) is 41.4 Å². The normalized spacial score (nSPS) is 10.8. The third-order valence-electron chi connectivity index (χ3n) is 4.10. The lowest BCUT2D eigenvalue weighted by Crippen LogP contribution is -2.23. The first kappa shape index (κ1) is 22.8. The molecular weight excluding hydrogens is 459 g/mol. The molecule has 0 bridgehead atoms. The molecule has 0 aliphatic rings. The van der Waals surface area contributed by atoms with Crippen molar-refractivity contribution >= 4 is 63.3 Å². The number of thiazole rings is 1. The predicted molar refractivity (Wildman–Crippen MR) is 123 cm³/mol. The molecule has 0 unspecified atom stereocenters. The Hall–Kier alpha value is -2.87. The van der Waals surface area contributed by atoms with Gasteiger partial charge in [-0.3, -0.25) is 9.69 Å². The Kier molecular flexibility index (Phi) is 7.68. The first-order chi connectivity index (χ1) is 14.9. The minimum atomic E-state index is -0.547. The molecule has 160 valence electrons. The smallest absolute Gasteiger partial charge is 0.331 e. The topological polar surface area (TPSA) is 68.7 Å². The zero-order valence-electron chi connectivity index (χ0n) is 16.7. The number of hydrogen-bond donors (Lipinski definition) is 0. The second-order valence-electron chi connectivity index (χ2n) is 6.25. The number of hydrogen-bond acceptors (Lipinski definition) is 6. The summed E-state index contributed by atoms with van der Waals surface area (Å²) >= 11 is 13.2. The molecule has 31 heavy (non-hydrogen) atoms. The van der Waals surface area contributed by atoms with Crippen molar-refractivity contribution in [1.29, 1.82) is 0 Å². The molecule has 1 heterocycles. The summed E-state index contributed by atoms with van der Waals surface area (Å²) in [6.07, 6.45) is 2.83. The molecule has 0 fully saturated rings. The summed E-state index contributed by atoms with van der Waals surface area (Å²) in [6, 6.07) is 12.1. The van der Waals surface area contributed by atoms with Crippen molar-refractivity contribution in [2.45, 2.75) is 13.5 Å². The fourth-order valence-electron chi connectivity index (χ4n) is 2.67. The van der Waals surface area contributed by atoms with Crippen LogP contribution >= 0.6 is 34.5 Å². The molecule has 0 saturated heterocycles. The molecule has 0 spiro atoms. The quantitative estimate of drug-likeness (QED) is 0.313. The van der Waals surface area contributed by atoms with Crippen molar-refractivity contribution in [1.82, 2.24) is 4.98 Å². The molecule has 0 atom stereocenters. The number of para-hydroxylation sites is 2. The number of carbonyl (C=O) groups is 2. The fourth-order valence-corrected chi connectivity index (χ4v) is 4.01. The highest BCUT2D eigenvalue weighted by Gasteiger charge is 2.21. The van der Waals surface area contributed by atoms with E-state index < -0.39 is 5.97 Å². The van der Waals surface area contributed by atoms with Crippen molar-refractivity contribution in [3.8, 4) is 5.75 Å². The van der Waals surface area contributed by atoms with E-state index in [1.54, 1.807) is 41.8 Å². The second kappa shape index (κ2) is 10.4.